The number of phenolic OH excluding ortho intramolecular Hbond substituents is 2. The maximum atomic E-state index is 12.1. The molecule has 0 aliphatic heterocycles. The van der Waals surface area contributed by atoms with E-state index in [9.17, 15) is 15.0 Å². The highest BCUT2D eigenvalue weighted by molar-refractivity contribution is 9.10. The Hall–Kier alpha value is -2.27. The molecule has 4 nitrogen and oxygen atoms in total. The zero-order valence-corrected chi connectivity index (χ0v) is 12.8. The minimum absolute atomic E-state index is 0.0134. The molecule has 0 aromatic heterocycles. The summed E-state index contributed by atoms with van der Waals surface area (Å²) >= 11 is 3.21. The van der Waals surface area contributed by atoms with Crippen molar-refractivity contribution < 1.29 is 19.7 Å². The van der Waals surface area contributed by atoms with E-state index in [4.69, 9.17) is 4.74 Å². The summed E-state index contributed by atoms with van der Waals surface area (Å²) in [5, 5.41) is 18.9. The van der Waals surface area contributed by atoms with E-state index >= 15 is 0 Å². The first kappa shape index (κ1) is 15.1. The van der Waals surface area contributed by atoms with Crippen molar-refractivity contribution in [3.05, 3.63) is 58.1 Å². The minimum atomic E-state index is -0.211. The molecule has 0 unspecified atom stereocenters. The van der Waals surface area contributed by atoms with Crippen LogP contribution in [0.3, 0.4) is 0 Å². The Bertz CT molecular complexity index is 707. The van der Waals surface area contributed by atoms with Gasteiger partial charge in [-0.3, -0.25) is 4.79 Å². The summed E-state index contributed by atoms with van der Waals surface area (Å²) < 4.78 is 5.53. The fraction of sp³-hybridized carbons (Fsp3) is 0.0625. The Morgan fingerprint density at radius 3 is 2.52 bits per heavy atom. The van der Waals surface area contributed by atoms with E-state index in [0.717, 1.165) is 5.56 Å². The topological polar surface area (TPSA) is 66.8 Å². The van der Waals surface area contributed by atoms with Crippen LogP contribution in [0, 0.1) is 0 Å². The molecule has 2 rings (SSSR count). The largest absolute Gasteiger partial charge is 0.507 e. The molecule has 0 saturated heterocycles. The molecule has 0 fully saturated rings. The maximum absolute atomic E-state index is 12.1. The highest BCUT2D eigenvalue weighted by atomic mass is 79.9. The molecule has 0 atom stereocenters. The van der Waals surface area contributed by atoms with Crippen molar-refractivity contribution in [2.24, 2.45) is 0 Å². The van der Waals surface area contributed by atoms with E-state index in [-0.39, 0.29) is 23.0 Å². The molecule has 2 aromatic carbocycles. The van der Waals surface area contributed by atoms with E-state index in [0.29, 0.717) is 10.0 Å². The second kappa shape index (κ2) is 6.45. The monoisotopic (exact) mass is 348 g/mol. The van der Waals surface area contributed by atoms with Crippen LogP contribution in [-0.4, -0.2) is 23.1 Å². The summed E-state index contributed by atoms with van der Waals surface area (Å²) in [6.45, 7) is 0. The van der Waals surface area contributed by atoms with Crippen LogP contribution in [0.4, 0.5) is 0 Å². The number of halogens is 1. The molecule has 0 radical (unpaired) electrons. The van der Waals surface area contributed by atoms with Crippen LogP contribution >= 0.6 is 15.9 Å². The quantitative estimate of drug-likeness (QED) is 0.652. The lowest BCUT2D eigenvalue weighted by Crippen LogP contribution is -1.95. The fourth-order valence-electron chi connectivity index (χ4n) is 1.73. The van der Waals surface area contributed by atoms with Gasteiger partial charge in [-0.1, -0.05) is 12.1 Å². The van der Waals surface area contributed by atoms with Gasteiger partial charge in [-0.25, -0.2) is 0 Å². The maximum Gasteiger partial charge on any atom is 0.185 e. The lowest BCUT2D eigenvalue weighted by atomic mass is 10.1. The molecule has 0 bridgehead atoms. The number of ketones is 1. The standard InChI is InChI=1S/C16H13BrO4/c1-21-16-9-11(4-7-15(16)20)13(18)5-2-10-3-6-14(19)12(17)8-10/h2-9,19-20H,1H3/b5-2+. The molecule has 5 heteroatoms. The van der Waals surface area contributed by atoms with Crippen LogP contribution in [0.1, 0.15) is 15.9 Å². The molecular weight excluding hydrogens is 336 g/mol. The molecule has 21 heavy (non-hydrogen) atoms. The molecule has 0 saturated carbocycles. The highest BCUT2D eigenvalue weighted by Crippen LogP contribution is 2.27. The van der Waals surface area contributed by atoms with Gasteiger partial charge in [0.05, 0.1) is 11.6 Å². The van der Waals surface area contributed by atoms with Crippen molar-refractivity contribution in [3.8, 4) is 17.2 Å². The van der Waals surface area contributed by atoms with Gasteiger partial charge in [0.25, 0.3) is 0 Å². The van der Waals surface area contributed by atoms with Gasteiger partial charge in [-0.05, 0) is 57.9 Å². The van der Waals surface area contributed by atoms with Crippen LogP contribution in [0.25, 0.3) is 6.08 Å². The van der Waals surface area contributed by atoms with Crippen LogP contribution < -0.4 is 4.74 Å². The molecule has 0 spiro atoms. The minimum Gasteiger partial charge on any atom is -0.507 e. The van der Waals surface area contributed by atoms with E-state index in [1.807, 2.05) is 0 Å². The van der Waals surface area contributed by atoms with E-state index in [2.05, 4.69) is 15.9 Å². The Balaban J connectivity index is 2.20. The lowest BCUT2D eigenvalue weighted by molar-refractivity contribution is 0.104. The lowest BCUT2D eigenvalue weighted by Gasteiger charge is -2.04. The van der Waals surface area contributed by atoms with Crippen LogP contribution in [0.15, 0.2) is 46.9 Å². The summed E-state index contributed by atoms with van der Waals surface area (Å²) in [6.07, 6.45) is 3.07. The first-order chi connectivity index (χ1) is 10.0. The van der Waals surface area contributed by atoms with E-state index in [1.54, 1.807) is 18.2 Å². The van der Waals surface area contributed by atoms with E-state index in [1.165, 1.54) is 37.5 Å². The molecule has 0 heterocycles. The summed E-state index contributed by atoms with van der Waals surface area (Å²) in [6, 6.07) is 9.36. The smallest absolute Gasteiger partial charge is 0.185 e. The third-order valence-electron chi connectivity index (χ3n) is 2.86. The van der Waals surface area contributed by atoms with Gasteiger partial charge < -0.3 is 14.9 Å². The SMILES string of the molecule is COc1cc(C(=O)/C=C/c2ccc(O)c(Br)c2)ccc1O. The number of rotatable bonds is 4. The number of benzene rings is 2. The number of ether oxygens (including phenoxy) is 1. The van der Waals surface area contributed by atoms with Crippen LogP contribution in [0.2, 0.25) is 0 Å². The molecule has 2 aromatic rings. The van der Waals surface area contributed by atoms with E-state index < -0.39 is 0 Å². The Morgan fingerprint density at radius 2 is 1.86 bits per heavy atom. The summed E-state index contributed by atoms with van der Waals surface area (Å²) in [5.74, 6) is 0.168. The first-order valence-electron chi connectivity index (χ1n) is 6.09. The van der Waals surface area contributed by atoms with Crippen molar-refractivity contribution >= 4 is 27.8 Å². The molecule has 0 amide bonds. The van der Waals surface area contributed by atoms with Crippen molar-refractivity contribution in [2.45, 2.75) is 0 Å². The molecule has 108 valence electrons. The predicted molar refractivity (Wildman–Crippen MR) is 83.8 cm³/mol. The number of carbonyl (C=O) groups is 1. The average molecular weight is 349 g/mol. The molecule has 0 aliphatic rings. The van der Waals surface area contributed by atoms with Crippen LogP contribution in [-0.2, 0) is 0 Å². The van der Waals surface area contributed by atoms with Gasteiger partial charge in [0.1, 0.15) is 5.75 Å². The Kier molecular flexibility index (Phi) is 4.65. The zero-order valence-electron chi connectivity index (χ0n) is 11.2. The third kappa shape index (κ3) is 3.64. The average Bonchev–Trinajstić information content (AvgIpc) is 2.48. The summed E-state index contributed by atoms with van der Waals surface area (Å²) in [4.78, 5) is 12.1. The van der Waals surface area contributed by atoms with Gasteiger partial charge in [0, 0.05) is 5.56 Å². The second-order valence-electron chi connectivity index (χ2n) is 4.30. The molecular formula is C16H13BrO4. The fourth-order valence-corrected chi connectivity index (χ4v) is 2.12. The van der Waals surface area contributed by atoms with Crippen molar-refractivity contribution in [3.63, 3.8) is 0 Å². The Labute approximate surface area is 130 Å². The highest BCUT2D eigenvalue weighted by Gasteiger charge is 2.07. The van der Waals surface area contributed by atoms with Gasteiger partial charge in [-0.15, -0.1) is 0 Å². The molecule has 0 aliphatic carbocycles. The number of allylic oxidation sites excluding steroid dienone is 1. The van der Waals surface area contributed by atoms with Crippen LogP contribution in [0.5, 0.6) is 17.2 Å². The zero-order chi connectivity index (χ0) is 15.4. The summed E-state index contributed by atoms with van der Waals surface area (Å²) in [5.41, 5.74) is 1.19. The predicted octanol–water partition coefficient (Wildman–Crippen LogP) is 3.77. The van der Waals surface area contributed by atoms with Gasteiger partial charge in [0.15, 0.2) is 17.3 Å². The number of methoxy groups -OCH3 is 1. The number of phenols is 2. The van der Waals surface area contributed by atoms with Gasteiger partial charge >= 0.3 is 0 Å². The Morgan fingerprint density at radius 1 is 1.14 bits per heavy atom. The van der Waals surface area contributed by atoms with Gasteiger partial charge in [0.2, 0.25) is 0 Å². The first-order valence-corrected chi connectivity index (χ1v) is 6.88. The molecule has 2 N–H and O–H groups in total. The van der Waals surface area contributed by atoms with Gasteiger partial charge in [-0.2, -0.15) is 0 Å². The van der Waals surface area contributed by atoms with Crippen molar-refractivity contribution in [1.29, 1.82) is 0 Å². The normalized spacial score (nSPS) is 10.8. The third-order valence-corrected chi connectivity index (χ3v) is 3.50. The number of hydrogen-bond acceptors (Lipinski definition) is 4. The number of aromatic hydroxyl groups is 2. The van der Waals surface area contributed by atoms with Crippen molar-refractivity contribution in [2.75, 3.05) is 7.11 Å². The number of hydrogen-bond donors (Lipinski definition) is 2. The van der Waals surface area contributed by atoms with Crippen molar-refractivity contribution in [1.82, 2.24) is 0 Å². The summed E-state index contributed by atoms with van der Waals surface area (Å²) in [7, 11) is 1.42. The number of carbonyl (C=O) groups excluding carboxylic acids is 1. The second-order valence-corrected chi connectivity index (χ2v) is 5.15.